The molecule has 3 aromatic rings. The molecular formula is C25H27N3O5. The molecule has 0 unspecified atom stereocenters. The van der Waals surface area contributed by atoms with Crippen LogP contribution in [0.5, 0.6) is 5.75 Å². The molecule has 1 amide bonds. The molecule has 0 spiro atoms. The number of benzene rings is 2. The lowest BCUT2D eigenvalue weighted by Crippen LogP contribution is -2.36. The van der Waals surface area contributed by atoms with Crippen LogP contribution in [0.15, 0.2) is 51.7 Å². The number of carbonyl (C=O) groups excluding carboxylic acids is 1. The van der Waals surface area contributed by atoms with Crippen LogP contribution in [0, 0.1) is 0 Å². The average Bonchev–Trinajstić information content (AvgIpc) is 2.84. The maximum Gasteiger partial charge on any atom is 0.253 e. The fourth-order valence-electron chi connectivity index (χ4n) is 4.35. The van der Waals surface area contributed by atoms with Crippen molar-refractivity contribution in [3.63, 3.8) is 0 Å². The summed E-state index contributed by atoms with van der Waals surface area (Å²) in [5.41, 5.74) is 2.60. The zero-order valence-electron chi connectivity index (χ0n) is 18.9. The summed E-state index contributed by atoms with van der Waals surface area (Å²) in [6.45, 7) is 4.26. The van der Waals surface area contributed by atoms with Gasteiger partial charge in [-0.05, 0) is 24.3 Å². The maximum absolute atomic E-state index is 13.2. The van der Waals surface area contributed by atoms with Crippen molar-refractivity contribution in [2.75, 3.05) is 63.4 Å². The summed E-state index contributed by atoms with van der Waals surface area (Å²) in [7, 11) is 3.41. The van der Waals surface area contributed by atoms with E-state index in [2.05, 4.69) is 4.90 Å². The smallest absolute Gasteiger partial charge is 0.253 e. The molecule has 1 fully saturated rings. The summed E-state index contributed by atoms with van der Waals surface area (Å²) in [5.74, 6) is 1.20. The van der Waals surface area contributed by atoms with Crippen LogP contribution in [0.4, 0.5) is 11.6 Å². The van der Waals surface area contributed by atoms with E-state index in [9.17, 15) is 9.59 Å². The Balaban J connectivity index is 1.63. The van der Waals surface area contributed by atoms with E-state index in [1.807, 2.05) is 35.2 Å². The maximum atomic E-state index is 13.2. The van der Waals surface area contributed by atoms with Gasteiger partial charge in [0, 0.05) is 50.9 Å². The van der Waals surface area contributed by atoms with Gasteiger partial charge in [0.25, 0.3) is 5.91 Å². The van der Waals surface area contributed by atoms with Crippen LogP contribution in [0.2, 0.25) is 0 Å². The van der Waals surface area contributed by atoms with Crippen LogP contribution in [0.25, 0.3) is 11.0 Å². The monoisotopic (exact) mass is 449 g/mol. The number of hydrogen-bond donors (Lipinski definition) is 0. The van der Waals surface area contributed by atoms with Crippen molar-refractivity contribution >= 4 is 28.4 Å². The minimum absolute atomic E-state index is 0.155. The second-order valence-corrected chi connectivity index (χ2v) is 8.50. The molecule has 1 aromatic heterocycles. The first-order chi connectivity index (χ1) is 16.0. The zero-order chi connectivity index (χ0) is 22.9. The molecule has 3 heterocycles. The molecule has 2 aromatic carbocycles. The van der Waals surface area contributed by atoms with Gasteiger partial charge in [0.05, 0.1) is 30.8 Å². The molecule has 2 aliphatic heterocycles. The number of rotatable bonds is 4. The van der Waals surface area contributed by atoms with Crippen LogP contribution < -0.4 is 20.0 Å². The Labute approximate surface area is 191 Å². The lowest BCUT2D eigenvalue weighted by molar-refractivity contribution is 0.0827. The first-order valence-corrected chi connectivity index (χ1v) is 11.1. The molecule has 0 N–H and O–H groups in total. The Morgan fingerprint density at radius 2 is 1.82 bits per heavy atom. The average molecular weight is 450 g/mol. The quantitative estimate of drug-likeness (QED) is 0.606. The Kier molecular flexibility index (Phi) is 5.68. The van der Waals surface area contributed by atoms with Crippen molar-refractivity contribution in [3.05, 3.63) is 63.8 Å². The zero-order valence-corrected chi connectivity index (χ0v) is 18.9. The SMILES string of the molecule is CN(C)C(=O)c1cc(CN2CCOc3ccccc32)c2oc(N3CCOCC3)cc(=O)c2c1. The summed E-state index contributed by atoms with van der Waals surface area (Å²) < 4.78 is 17.6. The number of carbonyl (C=O) groups is 1. The van der Waals surface area contributed by atoms with E-state index in [4.69, 9.17) is 13.9 Å². The van der Waals surface area contributed by atoms with E-state index < -0.39 is 0 Å². The first-order valence-electron chi connectivity index (χ1n) is 11.1. The predicted molar refractivity (Wildman–Crippen MR) is 127 cm³/mol. The molecule has 172 valence electrons. The molecule has 8 heteroatoms. The third kappa shape index (κ3) is 4.14. The second-order valence-electron chi connectivity index (χ2n) is 8.50. The van der Waals surface area contributed by atoms with Crippen molar-refractivity contribution in [3.8, 4) is 5.75 Å². The lowest BCUT2D eigenvalue weighted by Gasteiger charge is -2.31. The minimum atomic E-state index is -0.158. The highest BCUT2D eigenvalue weighted by atomic mass is 16.5. The second kappa shape index (κ2) is 8.78. The summed E-state index contributed by atoms with van der Waals surface area (Å²) in [5, 5.41) is 0.413. The van der Waals surface area contributed by atoms with E-state index in [1.165, 1.54) is 11.0 Å². The number of para-hydroxylation sites is 2. The van der Waals surface area contributed by atoms with Gasteiger partial charge in [-0.15, -0.1) is 0 Å². The lowest BCUT2D eigenvalue weighted by atomic mass is 10.0. The van der Waals surface area contributed by atoms with E-state index in [-0.39, 0.29) is 11.3 Å². The minimum Gasteiger partial charge on any atom is -0.490 e. The van der Waals surface area contributed by atoms with Gasteiger partial charge in [0.1, 0.15) is 17.9 Å². The number of fused-ring (bicyclic) bond motifs is 2. The van der Waals surface area contributed by atoms with Crippen molar-refractivity contribution < 1.29 is 18.7 Å². The number of ether oxygens (including phenoxy) is 2. The van der Waals surface area contributed by atoms with Gasteiger partial charge in [0.2, 0.25) is 0 Å². The number of anilines is 2. The van der Waals surface area contributed by atoms with Crippen LogP contribution in [0.1, 0.15) is 15.9 Å². The summed E-state index contributed by atoms with van der Waals surface area (Å²) in [6, 6.07) is 12.9. The summed E-state index contributed by atoms with van der Waals surface area (Å²) in [6.07, 6.45) is 0. The van der Waals surface area contributed by atoms with Crippen molar-refractivity contribution in [2.24, 2.45) is 0 Å². The number of hydrogen-bond acceptors (Lipinski definition) is 7. The summed E-state index contributed by atoms with van der Waals surface area (Å²) >= 11 is 0. The third-order valence-corrected chi connectivity index (χ3v) is 6.05. The van der Waals surface area contributed by atoms with Gasteiger partial charge >= 0.3 is 0 Å². The molecule has 8 nitrogen and oxygen atoms in total. The van der Waals surface area contributed by atoms with Gasteiger partial charge in [0.15, 0.2) is 11.3 Å². The van der Waals surface area contributed by atoms with Gasteiger partial charge in [-0.2, -0.15) is 0 Å². The predicted octanol–water partition coefficient (Wildman–Crippen LogP) is 2.73. The van der Waals surface area contributed by atoms with Crippen molar-refractivity contribution in [1.29, 1.82) is 0 Å². The fourth-order valence-corrected chi connectivity index (χ4v) is 4.35. The molecule has 1 saturated heterocycles. The first kappa shape index (κ1) is 21.3. The van der Waals surface area contributed by atoms with E-state index >= 15 is 0 Å². The van der Waals surface area contributed by atoms with Crippen LogP contribution in [0.3, 0.4) is 0 Å². The number of morpholine rings is 1. The van der Waals surface area contributed by atoms with Crippen molar-refractivity contribution in [1.82, 2.24) is 4.90 Å². The Hall–Kier alpha value is -3.52. The molecule has 0 aliphatic carbocycles. The normalized spacial score (nSPS) is 15.8. The van der Waals surface area contributed by atoms with Gasteiger partial charge in [-0.3, -0.25) is 9.59 Å². The molecule has 0 atom stereocenters. The molecule has 0 bridgehead atoms. The standard InChI is InChI=1S/C25H27N3O5/c1-26(2)25(30)17-13-18(16-28-9-12-32-22-6-4-3-5-20(22)28)24-19(14-17)21(29)15-23(33-24)27-7-10-31-11-8-27/h3-6,13-15H,7-12,16H2,1-2H3. The molecular weight excluding hydrogens is 422 g/mol. The fraction of sp³-hybridized carbons (Fsp3) is 0.360. The Morgan fingerprint density at radius 3 is 2.61 bits per heavy atom. The van der Waals surface area contributed by atoms with Crippen LogP contribution in [-0.2, 0) is 11.3 Å². The van der Waals surface area contributed by atoms with Crippen LogP contribution >= 0.6 is 0 Å². The van der Waals surface area contributed by atoms with Crippen LogP contribution in [-0.4, -0.2) is 64.4 Å². The van der Waals surface area contributed by atoms with Gasteiger partial charge in [-0.1, -0.05) is 12.1 Å². The number of amides is 1. The van der Waals surface area contributed by atoms with Gasteiger partial charge in [-0.25, -0.2) is 0 Å². The largest absolute Gasteiger partial charge is 0.490 e. The highest BCUT2D eigenvalue weighted by molar-refractivity contribution is 5.98. The Morgan fingerprint density at radius 1 is 1.03 bits per heavy atom. The topological polar surface area (TPSA) is 75.5 Å². The van der Waals surface area contributed by atoms with Crippen molar-refractivity contribution in [2.45, 2.75) is 6.54 Å². The third-order valence-electron chi connectivity index (χ3n) is 6.05. The number of nitrogens with zero attached hydrogens (tertiary/aromatic N) is 3. The molecule has 33 heavy (non-hydrogen) atoms. The Bertz CT molecular complexity index is 1250. The molecule has 0 saturated carbocycles. The van der Waals surface area contributed by atoms with Gasteiger partial charge < -0.3 is 28.6 Å². The molecule has 5 rings (SSSR count). The highest BCUT2D eigenvalue weighted by Gasteiger charge is 2.23. The van der Waals surface area contributed by atoms with E-state index in [0.29, 0.717) is 68.4 Å². The highest BCUT2D eigenvalue weighted by Crippen LogP contribution is 2.34. The van der Waals surface area contributed by atoms with E-state index in [1.54, 1.807) is 20.2 Å². The molecule has 2 aliphatic rings. The molecule has 0 radical (unpaired) electrons. The van der Waals surface area contributed by atoms with E-state index in [0.717, 1.165) is 17.0 Å². The summed E-state index contributed by atoms with van der Waals surface area (Å²) in [4.78, 5) is 31.7.